The van der Waals surface area contributed by atoms with Gasteiger partial charge in [-0.25, -0.2) is 0 Å². The fraction of sp³-hybridized carbons (Fsp3) is 0. The molecule has 0 bridgehead atoms. The van der Waals surface area contributed by atoms with E-state index in [2.05, 4.69) is 0 Å². The molecule has 0 rings (SSSR count). The van der Waals surface area contributed by atoms with Crippen molar-refractivity contribution >= 4 is 19.1 Å². The zero-order valence-corrected chi connectivity index (χ0v) is 5.29. The smallest absolute Gasteiger partial charge is 0.693 e. The Kier molecular flexibility index (Phi) is 62.8. The molecule has 0 aliphatic rings. The van der Waals surface area contributed by atoms with Crippen LogP contribution in [0.3, 0.4) is 0 Å². The standard InChI is InChI=1S/2ClH.2H2N.Pd/h2*1H;2*1H2;/q;;2*-1;+1/p-2. The van der Waals surface area contributed by atoms with E-state index in [0.717, 1.165) is 0 Å². The minimum Gasteiger partial charge on any atom is -0.693 e. The molecule has 0 saturated carbocycles. The van der Waals surface area contributed by atoms with E-state index >= 15 is 0 Å². The van der Waals surface area contributed by atoms with Gasteiger partial charge in [-0.15, -0.1) is 0 Å². The molecular formula is H4Cl2N2Pd-3. The first kappa shape index (κ1) is 16.4. The fourth-order valence-electron chi connectivity index (χ4n) is 0. The first-order chi connectivity index (χ1) is 1.41. The van der Waals surface area contributed by atoms with Crippen LogP contribution in [0, 0.1) is 0 Å². The van der Waals surface area contributed by atoms with Gasteiger partial charge < -0.3 is 12.3 Å². The van der Waals surface area contributed by atoms with Crippen LogP contribution in [0.4, 0.5) is 0 Å². The Bertz CT molecular complexity index is 7.61. The van der Waals surface area contributed by atoms with Gasteiger partial charge in [0.05, 0.1) is 0 Å². The van der Waals surface area contributed by atoms with Crippen molar-refractivity contribution in [2.45, 2.75) is 0 Å². The Hall–Kier alpha value is 1.16. The van der Waals surface area contributed by atoms with E-state index < -0.39 is 0 Å². The Morgan fingerprint density at radius 1 is 1.00 bits per heavy atom. The largest absolute Gasteiger partial charge is 0.693 e. The molecule has 0 fully saturated rings. The van der Waals surface area contributed by atoms with E-state index in [4.69, 9.17) is 19.1 Å². The van der Waals surface area contributed by atoms with Crippen LogP contribution < -0.4 is 0 Å². The predicted molar refractivity (Wildman–Crippen MR) is 22.3 cm³/mol. The van der Waals surface area contributed by atoms with E-state index in [0.29, 0.717) is 0 Å². The van der Waals surface area contributed by atoms with Crippen molar-refractivity contribution in [1.82, 2.24) is 0 Å². The summed E-state index contributed by atoms with van der Waals surface area (Å²) in [6.45, 7) is 0. The minimum absolute atomic E-state index is 0. The van der Waals surface area contributed by atoms with Crippen LogP contribution in [0.2, 0.25) is 0 Å². The van der Waals surface area contributed by atoms with Gasteiger partial charge in [-0.2, -0.15) is 0 Å². The fourth-order valence-corrected chi connectivity index (χ4v) is 0. The van der Waals surface area contributed by atoms with Crippen molar-refractivity contribution in [3.8, 4) is 0 Å². The molecule has 0 spiro atoms. The van der Waals surface area contributed by atoms with Crippen molar-refractivity contribution < 1.29 is 15.9 Å². The zero-order valence-electron chi connectivity index (χ0n) is 2.23. The van der Waals surface area contributed by atoms with E-state index in [1.54, 1.807) is 0 Å². The van der Waals surface area contributed by atoms with Crippen molar-refractivity contribution in [1.29, 1.82) is 0 Å². The third kappa shape index (κ3) is 38.2. The molecular weight excluding hydrogens is 205 g/mol. The maximum Gasteiger partial charge on any atom is -0.693 e. The minimum atomic E-state index is -0.106. The second-order valence-corrected chi connectivity index (χ2v) is 2.41. The Balaban J connectivity index is -0.0000000200. The molecule has 0 aromatic heterocycles. The maximum atomic E-state index is 4.81. The second kappa shape index (κ2) is 19.1. The summed E-state index contributed by atoms with van der Waals surface area (Å²) in [5.41, 5.74) is 0. The van der Waals surface area contributed by atoms with Crippen molar-refractivity contribution in [2.75, 3.05) is 0 Å². The zero-order chi connectivity index (χ0) is 2.71. The topological polar surface area (TPSA) is 67.0 Å². The van der Waals surface area contributed by atoms with Gasteiger partial charge in [0.2, 0.25) is 0 Å². The summed E-state index contributed by atoms with van der Waals surface area (Å²) in [5, 5.41) is 0. The van der Waals surface area contributed by atoms with Crippen LogP contribution in [-0.4, -0.2) is 0 Å². The number of rotatable bonds is 0. The van der Waals surface area contributed by atoms with Gasteiger partial charge in [-0.3, -0.25) is 0 Å². The summed E-state index contributed by atoms with van der Waals surface area (Å²) in [6, 6.07) is 0. The quantitative estimate of drug-likeness (QED) is 0.551. The SMILES string of the molecule is [Cl][Pd-][Cl].[NH2-].[NH2-]. The second-order valence-electron chi connectivity index (χ2n) is 0.0452. The van der Waals surface area contributed by atoms with E-state index in [1.807, 2.05) is 0 Å². The first-order valence-electron chi connectivity index (χ1n) is 0.239. The van der Waals surface area contributed by atoms with Gasteiger partial charge >= 0.3 is 35.0 Å². The summed E-state index contributed by atoms with van der Waals surface area (Å²) in [5.74, 6) is 0. The van der Waals surface area contributed by atoms with E-state index in [9.17, 15) is 0 Å². The maximum absolute atomic E-state index is 4.81. The summed E-state index contributed by atoms with van der Waals surface area (Å²) >= 11 is -0.106. The third-order valence-corrected chi connectivity index (χ3v) is 0. The molecule has 41 valence electrons. The van der Waals surface area contributed by atoms with Crippen LogP contribution >= 0.6 is 19.1 Å². The van der Waals surface area contributed by atoms with E-state index in [-0.39, 0.29) is 28.2 Å². The van der Waals surface area contributed by atoms with Gasteiger partial charge in [0.25, 0.3) is 0 Å². The summed E-state index contributed by atoms with van der Waals surface area (Å²) in [4.78, 5) is 0. The molecule has 2 nitrogen and oxygen atoms in total. The predicted octanol–water partition coefficient (Wildman–Crippen LogP) is 2.81. The molecule has 4 N–H and O–H groups in total. The molecule has 0 atom stereocenters. The van der Waals surface area contributed by atoms with Gasteiger partial charge in [0, 0.05) is 0 Å². The van der Waals surface area contributed by atoms with Crippen LogP contribution in [0.5, 0.6) is 0 Å². The van der Waals surface area contributed by atoms with Crippen LogP contribution in [0.25, 0.3) is 12.3 Å². The molecule has 0 amide bonds. The molecule has 0 aromatic carbocycles. The molecule has 0 aromatic rings. The van der Waals surface area contributed by atoms with Crippen LogP contribution in [0.15, 0.2) is 0 Å². The third-order valence-electron chi connectivity index (χ3n) is 0. The van der Waals surface area contributed by atoms with Crippen molar-refractivity contribution in [3.05, 3.63) is 12.3 Å². The van der Waals surface area contributed by atoms with Crippen LogP contribution in [-0.2, 0) is 15.9 Å². The molecule has 5 heavy (non-hydrogen) atoms. The van der Waals surface area contributed by atoms with Crippen molar-refractivity contribution in [2.24, 2.45) is 0 Å². The number of hydrogen-bond acceptors (Lipinski definition) is 0. The average molecular weight is 209 g/mol. The molecule has 0 radical (unpaired) electrons. The average Bonchev–Trinajstić information content (AvgIpc) is 0.918. The monoisotopic (exact) mass is 208 g/mol. The normalized spacial score (nSPS) is 4.40. The van der Waals surface area contributed by atoms with Gasteiger partial charge in [-0.05, 0) is 0 Å². The molecule has 0 heterocycles. The molecule has 0 unspecified atom stereocenters. The van der Waals surface area contributed by atoms with Crippen LogP contribution in [0.1, 0.15) is 0 Å². The Morgan fingerprint density at radius 2 is 1.00 bits per heavy atom. The first-order valence-corrected chi connectivity index (χ1v) is 4.24. The Labute approximate surface area is 47.5 Å². The molecule has 0 saturated heterocycles. The molecule has 0 aliphatic heterocycles. The van der Waals surface area contributed by atoms with Crippen molar-refractivity contribution in [3.63, 3.8) is 0 Å². The van der Waals surface area contributed by atoms with Gasteiger partial charge in [0.1, 0.15) is 0 Å². The molecule has 5 heteroatoms. The molecule has 0 aliphatic carbocycles. The van der Waals surface area contributed by atoms with Gasteiger partial charge in [-0.1, -0.05) is 0 Å². The van der Waals surface area contributed by atoms with Gasteiger partial charge in [0.15, 0.2) is 0 Å². The number of nitrogens with two attached hydrogens (primary N) is 2. The summed E-state index contributed by atoms with van der Waals surface area (Å²) in [6.07, 6.45) is 0. The Morgan fingerprint density at radius 3 is 1.00 bits per heavy atom. The number of halogens is 2. The van der Waals surface area contributed by atoms with E-state index in [1.165, 1.54) is 0 Å². The summed E-state index contributed by atoms with van der Waals surface area (Å²) in [7, 11) is 9.63. The summed E-state index contributed by atoms with van der Waals surface area (Å²) < 4.78 is 0. The number of hydrogen-bond donors (Lipinski definition) is 0.